The average molecular weight is 319 g/mol. The van der Waals surface area contributed by atoms with Gasteiger partial charge in [0.25, 0.3) is 0 Å². The van der Waals surface area contributed by atoms with Crippen molar-refractivity contribution in [3.05, 3.63) is 28.2 Å². The highest BCUT2D eigenvalue weighted by atomic mass is 35.5. The number of ether oxygens (including phenoxy) is 1. The van der Waals surface area contributed by atoms with Crippen molar-refractivity contribution in [2.75, 3.05) is 25.6 Å². The third kappa shape index (κ3) is 5.77. The van der Waals surface area contributed by atoms with Crippen LogP contribution in [0.15, 0.2) is 18.2 Å². The maximum absolute atomic E-state index is 11.7. The third-order valence-electron chi connectivity index (χ3n) is 2.40. The number of anilines is 1. The van der Waals surface area contributed by atoms with Gasteiger partial charge in [-0.3, -0.25) is 9.59 Å². The molecular formula is C13H16Cl2N2O3. The molecule has 5 nitrogen and oxygen atoms in total. The lowest BCUT2D eigenvalue weighted by Gasteiger charge is -2.09. The molecule has 2 N–H and O–H groups in total. The Morgan fingerprint density at radius 1 is 1.20 bits per heavy atom. The molecule has 1 rings (SSSR count). The van der Waals surface area contributed by atoms with Crippen molar-refractivity contribution < 1.29 is 14.3 Å². The molecule has 0 aliphatic rings. The molecule has 0 saturated carbocycles. The van der Waals surface area contributed by atoms with E-state index in [9.17, 15) is 9.59 Å². The quantitative estimate of drug-likeness (QED) is 0.599. The maximum atomic E-state index is 11.7. The normalized spacial score (nSPS) is 10.2. The molecule has 110 valence electrons. The number of rotatable bonds is 7. The second kappa shape index (κ2) is 8.79. The highest BCUT2D eigenvalue weighted by Crippen LogP contribution is 2.29. The van der Waals surface area contributed by atoms with E-state index in [2.05, 4.69) is 10.6 Å². The molecule has 0 fully saturated rings. The van der Waals surface area contributed by atoms with Crippen LogP contribution in [0.25, 0.3) is 0 Å². The smallest absolute Gasteiger partial charge is 0.233 e. The molecule has 0 saturated heterocycles. The van der Waals surface area contributed by atoms with Gasteiger partial charge in [0, 0.05) is 20.3 Å². The number of methoxy groups -OCH3 is 1. The molecule has 0 atom stereocenters. The van der Waals surface area contributed by atoms with Gasteiger partial charge in [-0.25, -0.2) is 0 Å². The average Bonchev–Trinajstić information content (AvgIpc) is 2.39. The first-order valence-electron chi connectivity index (χ1n) is 6.04. The number of benzene rings is 1. The zero-order valence-electron chi connectivity index (χ0n) is 11.0. The van der Waals surface area contributed by atoms with Crippen LogP contribution in [0.5, 0.6) is 0 Å². The number of halogens is 2. The summed E-state index contributed by atoms with van der Waals surface area (Å²) < 4.78 is 4.85. The monoisotopic (exact) mass is 318 g/mol. The second-order valence-electron chi connectivity index (χ2n) is 4.02. The Morgan fingerprint density at radius 3 is 2.45 bits per heavy atom. The zero-order valence-corrected chi connectivity index (χ0v) is 12.6. The van der Waals surface area contributed by atoms with Crippen LogP contribution in [-0.4, -0.2) is 32.1 Å². The van der Waals surface area contributed by atoms with Gasteiger partial charge in [-0.05, 0) is 18.6 Å². The van der Waals surface area contributed by atoms with Crippen LogP contribution in [-0.2, 0) is 14.3 Å². The minimum Gasteiger partial charge on any atom is -0.385 e. The maximum Gasteiger partial charge on any atom is 0.233 e. The number of nitrogens with one attached hydrogen (secondary N) is 2. The summed E-state index contributed by atoms with van der Waals surface area (Å²) >= 11 is 11.8. The van der Waals surface area contributed by atoms with E-state index in [0.29, 0.717) is 35.3 Å². The van der Waals surface area contributed by atoms with Crippen molar-refractivity contribution >= 4 is 40.7 Å². The Morgan fingerprint density at radius 2 is 1.85 bits per heavy atom. The Kier molecular flexibility index (Phi) is 7.36. The molecule has 0 aliphatic heterocycles. The van der Waals surface area contributed by atoms with E-state index < -0.39 is 5.91 Å². The molecule has 0 bridgehead atoms. The van der Waals surface area contributed by atoms with Gasteiger partial charge in [0.15, 0.2) is 0 Å². The van der Waals surface area contributed by atoms with E-state index in [1.807, 2.05) is 0 Å². The predicted octanol–water partition coefficient (Wildman–Crippen LogP) is 2.47. The number of para-hydroxylation sites is 1. The SMILES string of the molecule is COCCCNC(=O)CC(=O)Nc1c(Cl)cccc1Cl. The van der Waals surface area contributed by atoms with E-state index in [4.69, 9.17) is 27.9 Å². The standard InChI is InChI=1S/C13H16Cl2N2O3/c1-20-7-3-6-16-11(18)8-12(19)17-13-9(14)4-2-5-10(13)15/h2,4-5H,3,6-8H2,1H3,(H,16,18)(H,17,19). The number of hydrogen-bond donors (Lipinski definition) is 2. The molecule has 2 amide bonds. The van der Waals surface area contributed by atoms with Crippen molar-refractivity contribution in [3.63, 3.8) is 0 Å². The topological polar surface area (TPSA) is 67.4 Å². The Balaban J connectivity index is 2.42. The molecule has 0 aliphatic carbocycles. The minimum atomic E-state index is -0.468. The number of hydrogen-bond acceptors (Lipinski definition) is 3. The van der Waals surface area contributed by atoms with E-state index in [-0.39, 0.29) is 12.3 Å². The van der Waals surface area contributed by atoms with Gasteiger partial charge in [-0.2, -0.15) is 0 Å². The number of carbonyl (C=O) groups excluding carboxylic acids is 2. The lowest BCUT2D eigenvalue weighted by atomic mass is 10.3. The summed E-state index contributed by atoms with van der Waals surface area (Å²) in [5.74, 6) is -0.828. The van der Waals surface area contributed by atoms with Gasteiger partial charge < -0.3 is 15.4 Å². The van der Waals surface area contributed by atoms with Crippen LogP contribution in [0.3, 0.4) is 0 Å². The Labute approximate surface area is 127 Å². The minimum absolute atomic E-state index is 0.283. The van der Waals surface area contributed by atoms with Crippen LogP contribution in [0.4, 0.5) is 5.69 Å². The first kappa shape index (κ1) is 16.8. The fourth-order valence-corrected chi connectivity index (χ4v) is 1.95. The van der Waals surface area contributed by atoms with Crippen molar-refractivity contribution in [1.82, 2.24) is 5.32 Å². The summed E-state index contributed by atoms with van der Waals surface area (Å²) in [6, 6.07) is 4.88. The first-order valence-corrected chi connectivity index (χ1v) is 6.79. The number of amides is 2. The summed E-state index contributed by atoms with van der Waals surface area (Å²) in [4.78, 5) is 23.2. The number of carbonyl (C=O) groups is 2. The summed E-state index contributed by atoms with van der Waals surface area (Å²) in [5.41, 5.74) is 0.313. The fraction of sp³-hybridized carbons (Fsp3) is 0.385. The largest absolute Gasteiger partial charge is 0.385 e. The highest BCUT2D eigenvalue weighted by Gasteiger charge is 2.12. The lowest BCUT2D eigenvalue weighted by Crippen LogP contribution is -2.29. The third-order valence-corrected chi connectivity index (χ3v) is 3.03. The summed E-state index contributed by atoms with van der Waals surface area (Å²) in [7, 11) is 1.59. The molecule has 0 aromatic heterocycles. The highest BCUT2D eigenvalue weighted by molar-refractivity contribution is 6.39. The Hall–Kier alpha value is -1.30. The van der Waals surface area contributed by atoms with Crippen molar-refractivity contribution in [2.24, 2.45) is 0 Å². The molecule has 1 aromatic carbocycles. The summed E-state index contributed by atoms with van der Waals surface area (Å²) in [6.45, 7) is 1.02. The zero-order chi connectivity index (χ0) is 15.0. The van der Waals surface area contributed by atoms with Crippen LogP contribution >= 0.6 is 23.2 Å². The lowest BCUT2D eigenvalue weighted by molar-refractivity contribution is -0.126. The van der Waals surface area contributed by atoms with Gasteiger partial charge in [0.2, 0.25) is 11.8 Å². The van der Waals surface area contributed by atoms with Crippen LogP contribution in [0.1, 0.15) is 12.8 Å². The first-order chi connectivity index (χ1) is 9.54. The van der Waals surface area contributed by atoms with Crippen molar-refractivity contribution in [2.45, 2.75) is 12.8 Å². The predicted molar refractivity (Wildman–Crippen MR) is 79.2 cm³/mol. The molecule has 0 unspecified atom stereocenters. The van der Waals surface area contributed by atoms with Gasteiger partial charge >= 0.3 is 0 Å². The van der Waals surface area contributed by atoms with Crippen LogP contribution in [0, 0.1) is 0 Å². The fourth-order valence-electron chi connectivity index (χ4n) is 1.45. The molecule has 0 heterocycles. The van der Waals surface area contributed by atoms with Gasteiger partial charge in [-0.15, -0.1) is 0 Å². The van der Waals surface area contributed by atoms with Crippen molar-refractivity contribution in [1.29, 1.82) is 0 Å². The van der Waals surface area contributed by atoms with Gasteiger partial charge in [0.1, 0.15) is 6.42 Å². The molecule has 1 aromatic rings. The molecule has 7 heteroatoms. The van der Waals surface area contributed by atoms with Gasteiger partial charge in [-0.1, -0.05) is 29.3 Å². The Bertz CT molecular complexity index is 460. The molecular weight excluding hydrogens is 303 g/mol. The summed E-state index contributed by atoms with van der Waals surface area (Å²) in [5, 5.41) is 5.79. The van der Waals surface area contributed by atoms with Crippen LogP contribution < -0.4 is 10.6 Å². The molecule has 0 spiro atoms. The van der Waals surface area contributed by atoms with Gasteiger partial charge in [0.05, 0.1) is 15.7 Å². The summed E-state index contributed by atoms with van der Waals surface area (Å²) in [6.07, 6.45) is 0.411. The van der Waals surface area contributed by atoms with E-state index in [1.165, 1.54) is 0 Å². The van der Waals surface area contributed by atoms with E-state index in [0.717, 1.165) is 0 Å². The van der Waals surface area contributed by atoms with E-state index in [1.54, 1.807) is 25.3 Å². The van der Waals surface area contributed by atoms with Crippen molar-refractivity contribution in [3.8, 4) is 0 Å². The molecule has 0 radical (unpaired) electrons. The molecule has 20 heavy (non-hydrogen) atoms. The van der Waals surface area contributed by atoms with Crippen LogP contribution in [0.2, 0.25) is 10.0 Å². The van der Waals surface area contributed by atoms with E-state index >= 15 is 0 Å². The second-order valence-corrected chi connectivity index (χ2v) is 4.83.